The summed E-state index contributed by atoms with van der Waals surface area (Å²) in [4.78, 5) is 0. The molecule has 0 aliphatic carbocycles. The van der Waals surface area contributed by atoms with Crippen molar-refractivity contribution < 1.29 is 4.39 Å². The van der Waals surface area contributed by atoms with Gasteiger partial charge in [0.2, 0.25) is 0 Å². The third kappa shape index (κ3) is 3.62. The molecule has 0 radical (unpaired) electrons. The SMILES string of the molecule is Cc1cc(F)cc(C#CCC(C)C)c1. The lowest BCUT2D eigenvalue weighted by Crippen LogP contribution is -1.84. The Morgan fingerprint density at radius 2 is 2.00 bits per heavy atom. The van der Waals surface area contributed by atoms with E-state index in [1.54, 1.807) is 0 Å². The summed E-state index contributed by atoms with van der Waals surface area (Å²) in [7, 11) is 0. The minimum atomic E-state index is -0.209. The van der Waals surface area contributed by atoms with Gasteiger partial charge in [-0.1, -0.05) is 25.7 Å². The third-order valence-electron chi connectivity index (χ3n) is 1.79. The van der Waals surface area contributed by atoms with Gasteiger partial charge in [0.1, 0.15) is 5.82 Å². The first kappa shape index (κ1) is 10.8. The summed E-state index contributed by atoms with van der Waals surface area (Å²) in [6, 6.07) is 4.88. The molecule has 1 rings (SSSR count). The van der Waals surface area contributed by atoms with Crippen LogP contribution in [0, 0.1) is 30.5 Å². The van der Waals surface area contributed by atoms with Crippen molar-refractivity contribution in [3.63, 3.8) is 0 Å². The van der Waals surface area contributed by atoms with E-state index in [4.69, 9.17) is 0 Å². The lowest BCUT2D eigenvalue weighted by Gasteiger charge is -1.96. The third-order valence-corrected chi connectivity index (χ3v) is 1.79. The molecule has 0 saturated heterocycles. The van der Waals surface area contributed by atoms with Crippen molar-refractivity contribution in [2.45, 2.75) is 27.2 Å². The smallest absolute Gasteiger partial charge is 0.124 e. The van der Waals surface area contributed by atoms with Crippen LogP contribution in [-0.4, -0.2) is 0 Å². The molecule has 1 aromatic carbocycles. The Morgan fingerprint density at radius 3 is 2.57 bits per heavy atom. The average molecular weight is 190 g/mol. The van der Waals surface area contributed by atoms with Gasteiger partial charge in [0.15, 0.2) is 0 Å². The number of hydrogen-bond acceptors (Lipinski definition) is 0. The van der Waals surface area contributed by atoms with Gasteiger partial charge in [0.05, 0.1) is 0 Å². The molecule has 14 heavy (non-hydrogen) atoms. The summed E-state index contributed by atoms with van der Waals surface area (Å²) in [5, 5.41) is 0. The van der Waals surface area contributed by atoms with Crippen LogP contribution in [0.25, 0.3) is 0 Å². The van der Waals surface area contributed by atoms with Gasteiger partial charge in [-0.05, 0) is 36.6 Å². The molecule has 1 heteroatoms. The van der Waals surface area contributed by atoms with Crippen LogP contribution in [0.1, 0.15) is 31.4 Å². The number of rotatable bonds is 1. The van der Waals surface area contributed by atoms with Crippen LogP contribution < -0.4 is 0 Å². The standard InChI is InChI=1S/C13H15F/c1-10(2)5-4-6-12-7-11(3)8-13(14)9-12/h7-10H,5H2,1-3H3. The fraction of sp³-hybridized carbons (Fsp3) is 0.385. The van der Waals surface area contributed by atoms with Gasteiger partial charge in [-0.2, -0.15) is 0 Å². The van der Waals surface area contributed by atoms with E-state index in [1.807, 2.05) is 13.0 Å². The number of hydrogen-bond donors (Lipinski definition) is 0. The van der Waals surface area contributed by atoms with Crippen molar-refractivity contribution in [1.82, 2.24) is 0 Å². The lowest BCUT2D eigenvalue weighted by atomic mass is 10.1. The van der Waals surface area contributed by atoms with Crippen LogP contribution >= 0.6 is 0 Å². The maximum absolute atomic E-state index is 12.9. The first-order valence-corrected chi connectivity index (χ1v) is 4.84. The van der Waals surface area contributed by atoms with Gasteiger partial charge < -0.3 is 0 Å². The van der Waals surface area contributed by atoms with Crippen LogP contribution in [0.3, 0.4) is 0 Å². The molecule has 0 heterocycles. The van der Waals surface area contributed by atoms with Gasteiger partial charge >= 0.3 is 0 Å². The van der Waals surface area contributed by atoms with Gasteiger partial charge in [-0.15, -0.1) is 0 Å². The van der Waals surface area contributed by atoms with Crippen molar-refractivity contribution in [1.29, 1.82) is 0 Å². The average Bonchev–Trinajstić information content (AvgIpc) is 2.01. The first-order valence-electron chi connectivity index (χ1n) is 4.84. The molecule has 0 aliphatic heterocycles. The van der Waals surface area contributed by atoms with Crippen molar-refractivity contribution in [2.24, 2.45) is 5.92 Å². The zero-order valence-corrected chi connectivity index (χ0v) is 8.89. The monoisotopic (exact) mass is 190 g/mol. The molecule has 0 saturated carbocycles. The van der Waals surface area contributed by atoms with Gasteiger partial charge in [-0.3, -0.25) is 0 Å². The van der Waals surface area contributed by atoms with Crippen molar-refractivity contribution in [2.75, 3.05) is 0 Å². The van der Waals surface area contributed by atoms with Crippen LogP contribution in [-0.2, 0) is 0 Å². The zero-order valence-electron chi connectivity index (χ0n) is 8.89. The quantitative estimate of drug-likeness (QED) is 0.594. The molecular formula is C13H15F. The first-order chi connectivity index (χ1) is 6.58. The number of benzene rings is 1. The van der Waals surface area contributed by atoms with E-state index in [1.165, 1.54) is 12.1 Å². The van der Waals surface area contributed by atoms with Gasteiger partial charge in [0, 0.05) is 12.0 Å². The largest absolute Gasteiger partial charge is 0.207 e. The zero-order chi connectivity index (χ0) is 10.6. The van der Waals surface area contributed by atoms with E-state index in [9.17, 15) is 4.39 Å². The lowest BCUT2D eigenvalue weighted by molar-refractivity contribution is 0.626. The van der Waals surface area contributed by atoms with Crippen molar-refractivity contribution in [3.05, 3.63) is 35.1 Å². The van der Waals surface area contributed by atoms with E-state index in [0.717, 1.165) is 17.5 Å². The second-order valence-corrected chi connectivity index (χ2v) is 3.92. The minimum absolute atomic E-state index is 0.209. The summed E-state index contributed by atoms with van der Waals surface area (Å²) in [6.07, 6.45) is 0.857. The Balaban J connectivity index is 2.79. The highest BCUT2D eigenvalue weighted by Crippen LogP contribution is 2.07. The maximum Gasteiger partial charge on any atom is 0.124 e. The van der Waals surface area contributed by atoms with E-state index in [0.29, 0.717) is 5.92 Å². The van der Waals surface area contributed by atoms with Crippen molar-refractivity contribution >= 4 is 0 Å². The molecule has 0 unspecified atom stereocenters. The molecule has 0 amide bonds. The fourth-order valence-corrected chi connectivity index (χ4v) is 1.17. The van der Waals surface area contributed by atoms with Crippen LogP contribution in [0.5, 0.6) is 0 Å². The Hall–Kier alpha value is -1.29. The second kappa shape index (κ2) is 4.81. The highest BCUT2D eigenvalue weighted by Gasteiger charge is 1.94. The van der Waals surface area contributed by atoms with Crippen LogP contribution in [0.4, 0.5) is 4.39 Å². The number of aryl methyl sites for hydroxylation is 1. The predicted molar refractivity (Wildman–Crippen MR) is 57.5 cm³/mol. The number of halogens is 1. The summed E-state index contributed by atoms with van der Waals surface area (Å²) in [5.74, 6) is 6.36. The van der Waals surface area contributed by atoms with E-state index in [2.05, 4.69) is 25.7 Å². The Morgan fingerprint density at radius 1 is 1.29 bits per heavy atom. The Kier molecular flexibility index (Phi) is 3.71. The molecule has 0 spiro atoms. The van der Waals surface area contributed by atoms with E-state index < -0.39 is 0 Å². The molecule has 0 fully saturated rings. The Labute approximate surface area is 85.2 Å². The van der Waals surface area contributed by atoms with Crippen LogP contribution in [0.15, 0.2) is 18.2 Å². The normalized spacial score (nSPS) is 9.79. The fourth-order valence-electron chi connectivity index (χ4n) is 1.17. The minimum Gasteiger partial charge on any atom is -0.207 e. The van der Waals surface area contributed by atoms with E-state index in [-0.39, 0.29) is 5.82 Å². The molecule has 0 atom stereocenters. The Bertz CT molecular complexity index is 346. The van der Waals surface area contributed by atoms with E-state index >= 15 is 0 Å². The topological polar surface area (TPSA) is 0 Å². The molecule has 0 aromatic heterocycles. The summed E-state index contributed by atoms with van der Waals surface area (Å²) in [6.45, 7) is 6.10. The molecule has 0 N–H and O–H groups in total. The molecule has 1 aromatic rings. The summed E-state index contributed by atoms with van der Waals surface area (Å²) < 4.78 is 12.9. The molecule has 0 aliphatic rings. The summed E-state index contributed by atoms with van der Waals surface area (Å²) in [5.41, 5.74) is 1.68. The summed E-state index contributed by atoms with van der Waals surface area (Å²) >= 11 is 0. The highest BCUT2D eigenvalue weighted by atomic mass is 19.1. The molecule has 74 valence electrons. The highest BCUT2D eigenvalue weighted by molar-refractivity contribution is 5.37. The molecule has 0 nitrogen and oxygen atoms in total. The van der Waals surface area contributed by atoms with Crippen molar-refractivity contribution in [3.8, 4) is 11.8 Å². The van der Waals surface area contributed by atoms with Gasteiger partial charge in [-0.25, -0.2) is 4.39 Å². The maximum atomic E-state index is 12.9. The second-order valence-electron chi connectivity index (χ2n) is 3.92. The molecular weight excluding hydrogens is 175 g/mol. The predicted octanol–water partition coefficient (Wildman–Crippen LogP) is 3.53. The molecule has 0 bridgehead atoms. The van der Waals surface area contributed by atoms with Crippen LogP contribution in [0.2, 0.25) is 0 Å². The van der Waals surface area contributed by atoms with Gasteiger partial charge in [0.25, 0.3) is 0 Å².